The maximum absolute atomic E-state index is 11.4. The Hall–Kier alpha value is -2.35. The van der Waals surface area contributed by atoms with E-state index in [2.05, 4.69) is 40.0 Å². The van der Waals surface area contributed by atoms with Gasteiger partial charge in [-0.05, 0) is 66.1 Å². The van der Waals surface area contributed by atoms with Crippen molar-refractivity contribution < 1.29 is 9.90 Å². The molecule has 132 valence electrons. The van der Waals surface area contributed by atoms with Crippen molar-refractivity contribution >= 4 is 34.4 Å². The second-order valence-electron chi connectivity index (χ2n) is 6.31. The summed E-state index contributed by atoms with van der Waals surface area (Å²) in [6.45, 7) is 0.892. The fourth-order valence-corrected chi connectivity index (χ4v) is 3.97. The van der Waals surface area contributed by atoms with Crippen molar-refractivity contribution in [3.8, 4) is 16.9 Å². The number of nitrogens with one attached hydrogen (secondary N) is 1. The molecule has 0 bridgehead atoms. The number of carboxylic acids is 1. The number of nitrogens with zero attached hydrogens (tertiary/aromatic N) is 2. The highest BCUT2D eigenvalue weighted by molar-refractivity contribution is 14.1. The zero-order chi connectivity index (χ0) is 18.1. The van der Waals surface area contributed by atoms with Crippen LogP contribution in [0.1, 0.15) is 28.8 Å². The maximum Gasteiger partial charge on any atom is 0.335 e. The van der Waals surface area contributed by atoms with Crippen molar-refractivity contribution in [3.63, 3.8) is 0 Å². The molecule has 1 aliphatic rings. The number of aromatic carboxylic acids is 1. The Labute approximate surface area is 165 Å². The van der Waals surface area contributed by atoms with E-state index in [1.165, 1.54) is 5.56 Å². The predicted octanol–water partition coefficient (Wildman–Crippen LogP) is 4.59. The van der Waals surface area contributed by atoms with Gasteiger partial charge in [0.25, 0.3) is 0 Å². The minimum atomic E-state index is -0.934. The number of anilines is 1. The quantitative estimate of drug-likeness (QED) is 0.563. The average Bonchev–Trinajstić information content (AvgIpc) is 2.83. The summed E-state index contributed by atoms with van der Waals surface area (Å²) in [7, 11) is 0. The number of carbonyl (C=O) groups is 1. The Bertz CT molecular complexity index is 981. The lowest BCUT2D eigenvalue weighted by Crippen LogP contribution is -2.08. The van der Waals surface area contributed by atoms with Crippen LogP contribution in [0.2, 0.25) is 0 Å². The second-order valence-corrected chi connectivity index (χ2v) is 7.47. The summed E-state index contributed by atoms with van der Waals surface area (Å²) in [5.74, 6) is 0.0376. The van der Waals surface area contributed by atoms with Crippen LogP contribution in [0.4, 0.5) is 5.82 Å². The summed E-state index contributed by atoms with van der Waals surface area (Å²) in [5, 5.41) is 17.7. The molecule has 5 nitrogen and oxygen atoms in total. The summed E-state index contributed by atoms with van der Waals surface area (Å²) >= 11 is 2.34. The number of aromatic nitrogens is 2. The Morgan fingerprint density at radius 1 is 1.15 bits per heavy atom. The van der Waals surface area contributed by atoms with Crippen LogP contribution in [-0.2, 0) is 6.42 Å². The summed E-state index contributed by atoms with van der Waals surface area (Å²) in [6.07, 6.45) is 3.17. The summed E-state index contributed by atoms with van der Waals surface area (Å²) in [5.41, 5.74) is 4.30. The molecular formula is C20H18IN3O2. The first kappa shape index (κ1) is 17.1. The van der Waals surface area contributed by atoms with Crippen molar-refractivity contribution in [2.45, 2.75) is 19.3 Å². The van der Waals surface area contributed by atoms with Crippen LogP contribution >= 0.6 is 22.6 Å². The molecule has 0 atom stereocenters. The minimum absolute atomic E-state index is 0.260. The number of halogens is 1. The number of hydrogen-bond donors (Lipinski definition) is 2. The van der Waals surface area contributed by atoms with Gasteiger partial charge in [-0.15, -0.1) is 0 Å². The molecule has 3 aromatic rings. The zero-order valence-corrected chi connectivity index (χ0v) is 16.2. The van der Waals surface area contributed by atoms with Crippen molar-refractivity contribution in [2.24, 2.45) is 0 Å². The lowest BCUT2D eigenvalue weighted by atomic mass is 10.0. The topological polar surface area (TPSA) is 67.1 Å². The van der Waals surface area contributed by atoms with Gasteiger partial charge in [0.2, 0.25) is 0 Å². The van der Waals surface area contributed by atoms with Gasteiger partial charge in [0.1, 0.15) is 5.82 Å². The molecule has 4 rings (SSSR count). The zero-order valence-electron chi connectivity index (χ0n) is 14.1. The van der Waals surface area contributed by atoms with Crippen LogP contribution in [0.25, 0.3) is 16.9 Å². The summed E-state index contributed by atoms with van der Waals surface area (Å²) in [6, 6.07) is 15.1. The SMILES string of the molecule is O=C(O)c1cccc(-n2nc(-c3ccccc3I)c3c2NCCCC3)c1. The van der Waals surface area contributed by atoms with Crippen LogP contribution in [0.3, 0.4) is 0 Å². The van der Waals surface area contributed by atoms with Gasteiger partial charge >= 0.3 is 5.97 Å². The number of hydrogen-bond acceptors (Lipinski definition) is 3. The highest BCUT2D eigenvalue weighted by Crippen LogP contribution is 2.35. The molecule has 1 aliphatic heterocycles. The van der Waals surface area contributed by atoms with Gasteiger partial charge in [0.05, 0.1) is 16.9 Å². The third-order valence-electron chi connectivity index (χ3n) is 4.60. The van der Waals surface area contributed by atoms with E-state index in [9.17, 15) is 9.90 Å². The summed E-state index contributed by atoms with van der Waals surface area (Å²) in [4.78, 5) is 11.4. The summed E-state index contributed by atoms with van der Waals surface area (Å²) < 4.78 is 3.01. The molecule has 2 N–H and O–H groups in total. The third-order valence-corrected chi connectivity index (χ3v) is 5.54. The molecule has 0 radical (unpaired) electrons. The lowest BCUT2D eigenvalue weighted by molar-refractivity contribution is 0.0697. The monoisotopic (exact) mass is 459 g/mol. The van der Waals surface area contributed by atoms with Gasteiger partial charge in [-0.1, -0.05) is 24.3 Å². The van der Waals surface area contributed by atoms with Crippen molar-refractivity contribution in [1.82, 2.24) is 9.78 Å². The highest BCUT2D eigenvalue weighted by Gasteiger charge is 2.23. The average molecular weight is 459 g/mol. The molecule has 6 heteroatoms. The molecule has 2 heterocycles. The van der Waals surface area contributed by atoms with Gasteiger partial charge in [0, 0.05) is 21.2 Å². The van der Waals surface area contributed by atoms with Crippen molar-refractivity contribution in [2.75, 3.05) is 11.9 Å². The predicted molar refractivity (Wildman–Crippen MR) is 110 cm³/mol. The molecule has 0 fully saturated rings. The molecule has 2 aromatic carbocycles. The molecular weight excluding hydrogens is 441 g/mol. The molecule has 26 heavy (non-hydrogen) atoms. The number of carboxylic acid groups (broad SMARTS) is 1. The van der Waals surface area contributed by atoms with Crippen molar-refractivity contribution in [1.29, 1.82) is 0 Å². The van der Waals surface area contributed by atoms with Crippen molar-refractivity contribution in [3.05, 3.63) is 63.2 Å². The van der Waals surface area contributed by atoms with E-state index in [0.29, 0.717) is 0 Å². The Morgan fingerprint density at radius 2 is 2.00 bits per heavy atom. The van der Waals surface area contributed by atoms with Gasteiger partial charge in [0.15, 0.2) is 0 Å². The van der Waals surface area contributed by atoms with Crippen LogP contribution in [0.5, 0.6) is 0 Å². The van der Waals surface area contributed by atoms with E-state index in [1.807, 2.05) is 22.9 Å². The van der Waals surface area contributed by atoms with E-state index in [4.69, 9.17) is 5.10 Å². The first-order valence-corrected chi connectivity index (χ1v) is 9.67. The van der Waals surface area contributed by atoms with Crippen LogP contribution in [0.15, 0.2) is 48.5 Å². The first-order chi connectivity index (χ1) is 12.6. The Kier molecular flexibility index (Phi) is 4.67. The molecule has 1 aromatic heterocycles. The lowest BCUT2D eigenvalue weighted by Gasteiger charge is -2.09. The number of fused-ring (bicyclic) bond motifs is 1. The maximum atomic E-state index is 11.4. The van der Waals surface area contributed by atoms with E-state index in [0.717, 1.165) is 52.1 Å². The van der Waals surface area contributed by atoms with Crippen LogP contribution < -0.4 is 5.32 Å². The standard InChI is InChI=1S/C20H18IN3O2/c21-17-10-2-1-8-15(17)18-16-9-3-4-11-22-19(16)24(23-18)14-7-5-6-13(12-14)20(25)26/h1-2,5-8,10,12,22H,3-4,9,11H2,(H,25,26). The fraction of sp³-hybridized carbons (Fsp3) is 0.200. The molecule has 0 saturated heterocycles. The van der Waals surface area contributed by atoms with E-state index in [-0.39, 0.29) is 5.56 Å². The normalized spacial score (nSPS) is 13.6. The van der Waals surface area contributed by atoms with E-state index in [1.54, 1.807) is 18.2 Å². The molecule has 0 spiro atoms. The van der Waals surface area contributed by atoms with Gasteiger partial charge in [-0.2, -0.15) is 5.10 Å². The molecule has 0 aliphatic carbocycles. The smallest absolute Gasteiger partial charge is 0.335 e. The van der Waals surface area contributed by atoms with Gasteiger partial charge in [-0.25, -0.2) is 9.48 Å². The van der Waals surface area contributed by atoms with Gasteiger partial charge < -0.3 is 10.4 Å². The second kappa shape index (κ2) is 7.11. The Balaban J connectivity index is 1.92. The van der Waals surface area contributed by atoms with Crippen LogP contribution in [0, 0.1) is 3.57 Å². The minimum Gasteiger partial charge on any atom is -0.478 e. The van der Waals surface area contributed by atoms with E-state index < -0.39 is 5.97 Å². The first-order valence-electron chi connectivity index (χ1n) is 8.59. The Morgan fingerprint density at radius 3 is 2.81 bits per heavy atom. The number of rotatable bonds is 3. The largest absolute Gasteiger partial charge is 0.478 e. The van der Waals surface area contributed by atoms with Gasteiger partial charge in [-0.3, -0.25) is 0 Å². The third kappa shape index (κ3) is 3.09. The fourth-order valence-electron chi connectivity index (χ4n) is 3.33. The molecule has 0 saturated carbocycles. The van der Waals surface area contributed by atoms with Crippen LogP contribution in [-0.4, -0.2) is 27.4 Å². The van der Waals surface area contributed by atoms with E-state index >= 15 is 0 Å². The molecule has 0 unspecified atom stereocenters. The number of benzene rings is 2. The highest BCUT2D eigenvalue weighted by atomic mass is 127. The molecule has 0 amide bonds.